The summed E-state index contributed by atoms with van der Waals surface area (Å²) in [6.07, 6.45) is 1.07. The van der Waals surface area contributed by atoms with Crippen molar-refractivity contribution in [2.75, 3.05) is 6.61 Å². The average Bonchev–Trinajstić information content (AvgIpc) is 2.84. The van der Waals surface area contributed by atoms with E-state index in [0.29, 0.717) is 18.4 Å². The fourth-order valence-corrected chi connectivity index (χ4v) is 3.32. The molecule has 1 rings (SSSR count). The van der Waals surface area contributed by atoms with Crippen LogP contribution in [0.25, 0.3) is 0 Å². The second kappa shape index (κ2) is 14.3. The van der Waals surface area contributed by atoms with Crippen LogP contribution in [0.2, 0.25) is 0 Å². The summed E-state index contributed by atoms with van der Waals surface area (Å²) in [6, 6.07) is 1.46. The van der Waals surface area contributed by atoms with Gasteiger partial charge in [-0.2, -0.15) is 0 Å². The van der Waals surface area contributed by atoms with Crippen molar-refractivity contribution in [1.82, 2.24) is 16.0 Å². The first-order chi connectivity index (χ1) is 16.4. The molecule has 1 aromatic carbocycles. The summed E-state index contributed by atoms with van der Waals surface area (Å²) >= 11 is 0. The Morgan fingerprint density at radius 2 is 1.37 bits per heavy atom. The van der Waals surface area contributed by atoms with Crippen molar-refractivity contribution in [3.8, 4) is 5.75 Å². The minimum atomic E-state index is -1.24. The molecule has 6 atom stereocenters. The first-order valence-corrected chi connectivity index (χ1v) is 11.7. The standard InChI is InChI=1S/C24H38N4O7/c1-5-13(3)19(23(33)28-20(24(34)35)14(4)6-2)27-22(32)18(26-21(31)17(25)12-29)11-15-7-9-16(30)10-8-15/h7-10,13-14,17-20,29-30H,5-6,11-12,25H2,1-4H3,(H,26,31)(H,27,32)(H,28,33)(H,34,35). The highest BCUT2D eigenvalue weighted by molar-refractivity contribution is 5.94. The van der Waals surface area contributed by atoms with Crippen LogP contribution in [0.4, 0.5) is 0 Å². The van der Waals surface area contributed by atoms with Crippen LogP contribution in [-0.2, 0) is 25.6 Å². The van der Waals surface area contributed by atoms with E-state index in [1.807, 2.05) is 13.8 Å². The predicted molar refractivity (Wildman–Crippen MR) is 129 cm³/mol. The molecule has 0 saturated heterocycles. The van der Waals surface area contributed by atoms with Crippen molar-refractivity contribution in [1.29, 1.82) is 0 Å². The number of nitrogens with one attached hydrogen (secondary N) is 3. The number of nitrogens with two attached hydrogens (primary N) is 1. The average molecular weight is 495 g/mol. The van der Waals surface area contributed by atoms with Crippen LogP contribution >= 0.6 is 0 Å². The highest BCUT2D eigenvalue weighted by Crippen LogP contribution is 2.14. The van der Waals surface area contributed by atoms with Crippen LogP contribution in [0.5, 0.6) is 5.75 Å². The van der Waals surface area contributed by atoms with Crippen LogP contribution in [0.1, 0.15) is 46.1 Å². The van der Waals surface area contributed by atoms with E-state index in [1.54, 1.807) is 26.0 Å². The third-order valence-corrected chi connectivity index (χ3v) is 6.11. The molecule has 11 nitrogen and oxygen atoms in total. The highest BCUT2D eigenvalue weighted by Gasteiger charge is 2.34. The fraction of sp³-hybridized carbons (Fsp3) is 0.583. The Hall–Kier alpha value is -3.18. The van der Waals surface area contributed by atoms with Crippen LogP contribution in [0.15, 0.2) is 24.3 Å². The van der Waals surface area contributed by atoms with Crippen LogP contribution in [-0.4, -0.2) is 69.8 Å². The normalized spacial score (nSPS) is 16.2. The zero-order valence-corrected chi connectivity index (χ0v) is 20.7. The molecule has 1 aromatic rings. The van der Waals surface area contributed by atoms with Gasteiger partial charge < -0.3 is 37.0 Å². The van der Waals surface area contributed by atoms with Gasteiger partial charge in [0.15, 0.2) is 0 Å². The van der Waals surface area contributed by atoms with E-state index in [0.717, 1.165) is 0 Å². The highest BCUT2D eigenvalue weighted by atomic mass is 16.4. The first-order valence-electron chi connectivity index (χ1n) is 11.7. The first kappa shape index (κ1) is 29.9. The molecule has 0 aromatic heterocycles. The molecule has 11 heteroatoms. The molecule has 6 unspecified atom stereocenters. The van der Waals surface area contributed by atoms with Crippen LogP contribution in [0, 0.1) is 11.8 Å². The van der Waals surface area contributed by atoms with E-state index >= 15 is 0 Å². The lowest BCUT2D eigenvalue weighted by atomic mass is 9.95. The van der Waals surface area contributed by atoms with Gasteiger partial charge in [0.25, 0.3) is 0 Å². The molecule has 0 radical (unpaired) electrons. The molecule has 3 amide bonds. The second-order valence-corrected chi connectivity index (χ2v) is 8.80. The van der Waals surface area contributed by atoms with Gasteiger partial charge in [0, 0.05) is 6.42 Å². The molecule has 35 heavy (non-hydrogen) atoms. The number of aromatic hydroxyl groups is 1. The number of carboxylic acids is 1. The quantitative estimate of drug-likeness (QED) is 0.186. The van der Waals surface area contributed by atoms with E-state index in [1.165, 1.54) is 12.1 Å². The summed E-state index contributed by atoms with van der Waals surface area (Å²) in [7, 11) is 0. The number of phenolic OH excluding ortho intramolecular Hbond substituents is 1. The minimum absolute atomic E-state index is 0.0233. The zero-order chi connectivity index (χ0) is 26.7. The van der Waals surface area contributed by atoms with E-state index in [2.05, 4.69) is 16.0 Å². The Morgan fingerprint density at radius 3 is 1.86 bits per heavy atom. The van der Waals surface area contributed by atoms with Gasteiger partial charge in [-0.15, -0.1) is 0 Å². The molecule has 0 aliphatic carbocycles. The zero-order valence-electron chi connectivity index (χ0n) is 20.7. The fourth-order valence-electron chi connectivity index (χ4n) is 3.32. The number of amides is 3. The number of phenols is 1. The molecule has 0 bridgehead atoms. The molecular weight excluding hydrogens is 456 g/mol. The second-order valence-electron chi connectivity index (χ2n) is 8.80. The molecule has 0 fully saturated rings. The largest absolute Gasteiger partial charge is 0.508 e. The minimum Gasteiger partial charge on any atom is -0.508 e. The molecule has 0 saturated carbocycles. The topological polar surface area (TPSA) is 191 Å². The monoisotopic (exact) mass is 494 g/mol. The number of carbonyl (C=O) groups excluding carboxylic acids is 3. The summed E-state index contributed by atoms with van der Waals surface area (Å²) in [5.74, 6) is -3.86. The smallest absolute Gasteiger partial charge is 0.326 e. The lowest BCUT2D eigenvalue weighted by molar-refractivity contribution is -0.144. The van der Waals surface area contributed by atoms with Gasteiger partial charge in [-0.3, -0.25) is 14.4 Å². The molecule has 0 spiro atoms. The number of rotatable bonds is 14. The van der Waals surface area contributed by atoms with E-state index in [-0.39, 0.29) is 24.0 Å². The Balaban J connectivity index is 3.16. The number of hydrogen-bond acceptors (Lipinski definition) is 7. The number of benzene rings is 1. The van der Waals surface area contributed by atoms with Crippen LogP contribution in [0.3, 0.4) is 0 Å². The third-order valence-electron chi connectivity index (χ3n) is 6.11. The molecule has 0 aliphatic heterocycles. The SMILES string of the molecule is CCC(C)C(NC(=O)C(NC(=O)C(Cc1ccc(O)cc1)NC(=O)C(N)CO)C(C)CC)C(=O)O. The van der Waals surface area contributed by atoms with Crippen molar-refractivity contribution in [2.24, 2.45) is 17.6 Å². The molecule has 196 valence electrons. The van der Waals surface area contributed by atoms with Gasteiger partial charge in [-0.05, 0) is 29.5 Å². The maximum atomic E-state index is 13.2. The van der Waals surface area contributed by atoms with Gasteiger partial charge in [0.2, 0.25) is 17.7 Å². The van der Waals surface area contributed by atoms with Gasteiger partial charge in [0.1, 0.15) is 29.9 Å². The van der Waals surface area contributed by atoms with Crippen molar-refractivity contribution in [3.63, 3.8) is 0 Å². The summed E-state index contributed by atoms with van der Waals surface area (Å²) < 4.78 is 0. The van der Waals surface area contributed by atoms with Crippen molar-refractivity contribution < 1.29 is 34.5 Å². The van der Waals surface area contributed by atoms with E-state index < -0.39 is 54.5 Å². The maximum absolute atomic E-state index is 13.2. The molecule has 8 N–H and O–H groups in total. The summed E-state index contributed by atoms with van der Waals surface area (Å²) in [5, 5.41) is 35.9. The molecule has 0 aliphatic rings. The Bertz CT molecular complexity index is 862. The van der Waals surface area contributed by atoms with Crippen molar-refractivity contribution >= 4 is 23.7 Å². The lowest BCUT2D eigenvalue weighted by Crippen LogP contribution is -2.59. The third kappa shape index (κ3) is 9.18. The van der Waals surface area contributed by atoms with E-state index in [4.69, 9.17) is 5.73 Å². The van der Waals surface area contributed by atoms with Crippen molar-refractivity contribution in [3.05, 3.63) is 29.8 Å². The lowest BCUT2D eigenvalue weighted by Gasteiger charge is -2.29. The Kier molecular flexibility index (Phi) is 12.2. The van der Waals surface area contributed by atoms with Gasteiger partial charge in [-0.1, -0.05) is 52.7 Å². The van der Waals surface area contributed by atoms with Crippen molar-refractivity contribution in [2.45, 2.75) is 71.1 Å². The van der Waals surface area contributed by atoms with E-state index in [9.17, 15) is 34.5 Å². The van der Waals surface area contributed by atoms with Gasteiger partial charge >= 0.3 is 5.97 Å². The number of carbonyl (C=O) groups is 4. The predicted octanol–water partition coefficient (Wildman–Crippen LogP) is -0.114. The summed E-state index contributed by atoms with van der Waals surface area (Å²) in [6.45, 7) is 6.48. The number of aliphatic hydroxyl groups excluding tert-OH is 1. The molecule has 0 heterocycles. The van der Waals surface area contributed by atoms with Crippen LogP contribution < -0.4 is 21.7 Å². The summed E-state index contributed by atoms with van der Waals surface area (Å²) in [5.41, 5.74) is 6.19. The summed E-state index contributed by atoms with van der Waals surface area (Å²) in [4.78, 5) is 50.3. The Labute approximate surface area is 205 Å². The van der Waals surface area contributed by atoms with Gasteiger partial charge in [0.05, 0.1) is 6.61 Å². The number of carboxylic acid groups (broad SMARTS) is 1. The Morgan fingerprint density at radius 1 is 0.857 bits per heavy atom. The molecular formula is C24H38N4O7. The number of hydrogen-bond donors (Lipinski definition) is 7. The number of aliphatic hydroxyl groups is 1. The number of aliphatic carboxylic acids is 1. The maximum Gasteiger partial charge on any atom is 0.326 e. The van der Waals surface area contributed by atoms with Gasteiger partial charge in [-0.25, -0.2) is 4.79 Å².